The van der Waals surface area contributed by atoms with E-state index in [0.29, 0.717) is 18.5 Å². The second-order valence-electron chi connectivity index (χ2n) is 7.73. The molecule has 0 spiro atoms. The molecule has 1 saturated carbocycles. The van der Waals surface area contributed by atoms with Gasteiger partial charge in [0, 0.05) is 31.0 Å². The first kappa shape index (κ1) is 19.3. The first-order valence-electron chi connectivity index (χ1n) is 10.1. The summed E-state index contributed by atoms with van der Waals surface area (Å²) in [5, 5.41) is 11.5. The number of aromatic nitrogens is 2. The van der Waals surface area contributed by atoms with Crippen molar-refractivity contribution >= 4 is 23.1 Å². The molecule has 0 radical (unpaired) electrons. The number of hydrogen-bond acceptors (Lipinski definition) is 4. The average molecular weight is 390 g/mol. The van der Waals surface area contributed by atoms with Gasteiger partial charge in [0.2, 0.25) is 0 Å². The van der Waals surface area contributed by atoms with Gasteiger partial charge in [-0.3, -0.25) is 15.2 Å². The van der Waals surface area contributed by atoms with Gasteiger partial charge >= 0.3 is 0 Å². The van der Waals surface area contributed by atoms with E-state index in [-0.39, 0.29) is 11.6 Å². The Labute approximate surface area is 170 Å². The highest BCUT2D eigenvalue weighted by atomic mass is 16.2. The molecule has 1 aromatic heterocycles. The van der Waals surface area contributed by atoms with Crippen molar-refractivity contribution in [2.24, 2.45) is 0 Å². The zero-order valence-corrected chi connectivity index (χ0v) is 16.6. The first-order valence-corrected chi connectivity index (χ1v) is 10.1. The van der Waals surface area contributed by atoms with E-state index in [4.69, 9.17) is 0 Å². The van der Waals surface area contributed by atoms with Crippen LogP contribution >= 0.6 is 0 Å². The summed E-state index contributed by atoms with van der Waals surface area (Å²) in [6, 6.07) is 13.9. The lowest BCUT2D eigenvalue weighted by Gasteiger charge is -2.40. The molecular weight excluding hydrogens is 364 g/mol. The van der Waals surface area contributed by atoms with E-state index >= 15 is 0 Å². The number of fused-ring (bicyclic) bond motifs is 1. The molecule has 1 fully saturated rings. The number of carbonyl (C=O) groups is 2. The predicted molar refractivity (Wildman–Crippen MR) is 114 cm³/mol. The SMILES string of the molecule is CN(C(=O)c1ccc(-c2ccc3[nH]ncc3c2)cc1)C1(NCCC=O)CCCC1. The number of carbonyl (C=O) groups excluding carboxylic acids is 2. The van der Waals surface area contributed by atoms with Gasteiger partial charge in [0.25, 0.3) is 5.91 Å². The topological polar surface area (TPSA) is 78.1 Å². The molecule has 1 heterocycles. The molecule has 2 aromatic carbocycles. The van der Waals surface area contributed by atoms with Crippen molar-refractivity contribution in [3.63, 3.8) is 0 Å². The van der Waals surface area contributed by atoms with Crippen molar-refractivity contribution in [2.75, 3.05) is 13.6 Å². The molecule has 4 rings (SSSR count). The Balaban J connectivity index is 1.52. The van der Waals surface area contributed by atoms with Gasteiger partial charge in [-0.05, 0) is 61.1 Å². The lowest BCUT2D eigenvalue weighted by molar-refractivity contribution is -0.107. The number of aldehydes is 1. The van der Waals surface area contributed by atoms with Gasteiger partial charge in [-0.15, -0.1) is 0 Å². The van der Waals surface area contributed by atoms with Crippen molar-refractivity contribution in [3.05, 3.63) is 54.2 Å². The molecule has 1 aliphatic rings. The maximum atomic E-state index is 13.2. The van der Waals surface area contributed by atoms with Gasteiger partial charge in [-0.25, -0.2) is 0 Å². The number of amides is 1. The summed E-state index contributed by atoms with van der Waals surface area (Å²) >= 11 is 0. The van der Waals surface area contributed by atoms with E-state index in [0.717, 1.165) is 54.0 Å². The molecule has 6 nitrogen and oxygen atoms in total. The molecule has 3 aromatic rings. The van der Waals surface area contributed by atoms with Crippen LogP contribution in [-0.4, -0.2) is 46.5 Å². The Hall–Kier alpha value is -2.99. The molecule has 150 valence electrons. The Morgan fingerprint density at radius 1 is 1.17 bits per heavy atom. The molecule has 1 aliphatic carbocycles. The summed E-state index contributed by atoms with van der Waals surface area (Å²) < 4.78 is 0. The third-order valence-electron chi connectivity index (χ3n) is 6.00. The lowest BCUT2D eigenvalue weighted by atomic mass is 10.0. The molecule has 0 unspecified atom stereocenters. The summed E-state index contributed by atoms with van der Waals surface area (Å²) in [5.41, 5.74) is 3.47. The molecule has 29 heavy (non-hydrogen) atoms. The Bertz CT molecular complexity index is 1000. The largest absolute Gasteiger partial charge is 0.323 e. The van der Waals surface area contributed by atoms with Crippen molar-refractivity contribution < 1.29 is 9.59 Å². The van der Waals surface area contributed by atoms with Crippen molar-refractivity contribution in [1.82, 2.24) is 20.4 Å². The number of H-pyrrole nitrogens is 1. The van der Waals surface area contributed by atoms with Crippen LogP contribution < -0.4 is 5.32 Å². The van der Waals surface area contributed by atoms with Crippen LogP contribution in [0, 0.1) is 0 Å². The Morgan fingerprint density at radius 2 is 1.90 bits per heavy atom. The highest BCUT2D eigenvalue weighted by Gasteiger charge is 2.39. The minimum Gasteiger partial charge on any atom is -0.323 e. The normalized spacial score (nSPS) is 15.5. The third-order valence-corrected chi connectivity index (χ3v) is 6.00. The average Bonchev–Trinajstić information content (AvgIpc) is 3.42. The molecule has 6 heteroatoms. The van der Waals surface area contributed by atoms with Crippen LogP contribution in [0.25, 0.3) is 22.0 Å². The van der Waals surface area contributed by atoms with Crippen LogP contribution in [0.3, 0.4) is 0 Å². The number of nitrogens with zero attached hydrogens (tertiary/aromatic N) is 2. The maximum Gasteiger partial charge on any atom is 0.255 e. The second-order valence-corrected chi connectivity index (χ2v) is 7.73. The van der Waals surface area contributed by atoms with E-state index in [1.54, 1.807) is 0 Å². The van der Waals surface area contributed by atoms with Crippen LogP contribution in [0.15, 0.2) is 48.7 Å². The van der Waals surface area contributed by atoms with Crippen molar-refractivity contribution in [2.45, 2.75) is 37.8 Å². The second kappa shape index (κ2) is 8.17. The standard InChI is InChI=1S/C23H26N4O2/c1-27(23(11-2-3-12-23)24-13-4-14-28)22(29)18-7-5-17(6-8-18)19-9-10-21-20(15-19)16-25-26-21/h5-10,14-16,24H,2-4,11-13H2,1H3,(H,25,26). The number of hydrogen-bond donors (Lipinski definition) is 2. The van der Waals surface area contributed by atoms with Gasteiger partial charge in [0.1, 0.15) is 6.29 Å². The van der Waals surface area contributed by atoms with E-state index in [2.05, 4.69) is 21.6 Å². The van der Waals surface area contributed by atoms with Crippen molar-refractivity contribution in [3.8, 4) is 11.1 Å². The van der Waals surface area contributed by atoms with Crippen LogP contribution in [0.1, 0.15) is 42.5 Å². The van der Waals surface area contributed by atoms with Gasteiger partial charge in [-0.1, -0.05) is 18.2 Å². The smallest absolute Gasteiger partial charge is 0.255 e. The fourth-order valence-corrected chi connectivity index (χ4v) is 4.27. The van der Waals surface area contributed by atoms with Gasteiger partial charge < -0.3 is 9.69 Å². The molecule has 0 atom stereocenters. The summed E-state index contributed by atoms with van der Waals surface area (Å²) in [5.74, 6) is 0.00217. The van der Waals surface area contributed by atoms with Gasteiger partial charge in [-0.2, -0.15) is 5.10 Å². The molecule has 1 amide bonds. The molecule has 0 aliphatic heterocycles. The Morgan fingerprint density at radius 3 is 2.62 bits per heavy atom. The number of nitrogens with one attached hydrogen (secondary N) is 2. The monoisotopic (exact) mass is 390 g/mol. The minimum absolute atomic E-state index is 0.00217. The van der Waals surface area contributed by atoms with E-state index < -0.39 is 0 Å². The minimum atomic E-state index is -0.356. The fourth-order valence-electron chi connectivity index (χ4n) is 4.27. The van der Waals surface area contributed by atoms with Crippen LogP contribution in [0.5, 0.6) is 0 Å². The predicted octanol–water partition coefficient (Wildman–Crippen LogP) is 3.75. The molecule has 0 saturated heterocycles. The Kier molecular flexibility index (Phi) is 5.45. The number of benzene rings is 2. The highest BCUT2D eigenvalue weighted by Crippen LogP contribution is 2.33. The summed E-state index contributed by atoms with van der Waals surface area (Å²) in [7, 11) is 1.86. The van der Waals surface area contributed by atoms with Gasteiger partial charge in [0.05, 0.1) is 17.4 Å². The van der Waals surface area contributed by atoms with Crippen LogP contribution in [0.2, 0.25) is 0 Å². The zero-order chi connectivity index (χ0) is 20.3. The lowest BCUT2D eigenvalue weighted by Crippen LogP contribution is -2.57. The number of aromatic amines is 1. The van der Waals surface area contributed by atoms with Crippen LogP contribution in [-0.2, 0) is 4.79 Å². The fraction of sp³-hybridized carbons (Fsp3) is 0.348. The summed E-state index contributed by atoms with van der Waals surface area (Å²) in [6.45, 7) is 0.594. The summed E-state index contributed by atoms with van der Waals surface area (Å²) in [6.07, 6.45) is 7.18. The van der Waals surface area contributed by atoms with E-state index in [1.807, 2.05) is 54.5 Å². The highest BCUT2D eigenvalue weighted by molar-refractivity contribution is 5.95. The van der Waals surface area contributed by atoms with Gasteiger partial charge in [0.15, 0.2) is 0 Å². The van der Waals surface area contributed by atoms with E-state index in [1.165, 1.54) is 0 Å². The first-order chi connectivity index (χ1) is 14.1. The van der Waals surface area contributed by atoms with Crippen molar-refractivity contribution in [1.29, 1.82) is 0 Å². The quantitative estimate of drug-likeness (QED) is 0.366. The summed E-state index contributed by atoms with van der Waals surface area (Å²) in [4.78, 5) is 25.7. The third kappa shape index (κ3) is 3.80. The molecular formula is C23H26N4O2. The van der Waals surface area contributed by atoms with Crippen LogP contribution in [0.4, 0.5) is 0 Å². The maximum absolute atomic E-state index is 13.2. The number of rotatable bonds is 7. The van der Waals surface area contributed by atoms with E-state index in [9.17, 15) is 9.59 Å². The molecule has 2 N–H and O–H groups in total. The zero-order valence-electron chi connectivity index (χ0n) is 16.6. The molecule has 0 bridgehead atoms.